The Hall–Kier alpha value is -2.47. The van der Waals surface area contributed by atoms with Crippen LogP contribution in [0.5, 0.6) is 5.75 Å². The van der Waals surface area contributed by atoms with Crippen LogP contribution in [0, 0.1) is 0 Å². The summed E-state index contributed by atoms with van der Waals surface area (Å²) in [6.45, 7) is 1.03. The summed E-state index contributed by atoms with van der Waals surface area (Å²) in [5.41, 5.74) is 8.41. The van der Waals surface area contributed by atoms with Crippen LogP contribution in [0.1, 0.15) is 11.3 Å². The predicted molar refractivity (Wildman–Crippen MR) is 75.3 cm³/mol. The largest absolute Gasteiger partial charge is 0.497 e. The first-order chi connectivity index (χ1) is 9.81. The molecule has 0 saturated carbocycles. The lowest BCUT2D eigenvalue weighted by molar-refractivity contribution is 0.414. The number of nitrogens with two attached hydrogens (primary N) is 1. The van der Waals surface area contributed by atoms with Gasteiger partial charge < -0.3 is 10.5 Å². The van der Waals surface area contributed by atoms with Gasteiger partial charge in [-0.05, 0) is 17.7 Å². The molecule has 0 radical (unpaired) electrons. The average molecular weight is 269 g/mol. The number of methoxy groups -OCH3 is 1. The van der Waals surface area contributed by atoms with Crippen LogP contribution < -0.4 is 10.5 Å². The van der Waals surface area contributed by atoms with Crippen molar-refractivity contribution in [2.75, 3.05) is 7.11 Å². The van der Waals surface area contributed by atoms with Gasteiger partial charge in [0.15, 0.2) is 5.65 Å². The molecule has 1 aromatic carbocycles. The Morgan fingerprint density at radius 3 is 2.70 bits per heavy atom. The first-order valence-corrected chi connectivity index (χ1v) is 6.30. The second kappa shape index (κ2) is 5.26. The fourth-order valence-electron chi connectivity index (χ4n) is 2.12. The third-order valence-corrected chi connectivity index (χ3v) is 3.20. The zero-order valence-electron chi connectivity index (χ0n) is 11.2. The van der Waals surface area contributed by atoms with Gasteiger partial charge in [0.2, 0.25) is 0 Å². The summed E-state index contributed by atoms with van der Waals surface area (Å²) < 4.78 is 6.99. The quantitative estimate of drug-likeness (QED) is 0.773. The molecule has 20 heavy (non-hydrogen) atoms. The highest BCUT2D eigenvalue weighted by Crippen LogP contribution is 2.16. The maximum absolute atomic E-state index is 5.67. The summed E-state index contributed by atoms with van der Waals surface area (Å²) in [4.78, 5) is 8.45. The molecule has 0 saturated heterocycles. The molecule has 0 spiro atoms. The van der Waals surface area contributed by atoms with Crippen molar-refractivity contribution in [1.82, 2.24) is 19.7 Å². The van der Waals surface area contributed by atoms with E-state index in [1.54, 1.807) is 13.3 Å². The van der Waals surface area contributed by atoms with E-state index in [0.29, 0.717) is 13.1 Å². The smallest absolute Gasteiger partial charge is 0.161 e. The summed E-state index contributed by atoms with van der Waals surface area (Å²) in [5, 5.41) is 5.28. The van der Waals surface area contributed by atoms with E-state index in [1.807, 2.05) is 28.9 Å². The number of hydrogen-bond donors (Lipinski definition) is 1. The molecule has 0 fully saturated rings. The fourth-order valence-corrected chi connectivity index (χ4v) is 2.12. The van der Waals surface area contributed by atoms with Crippen LogP contribution in [-0.2, 0) is 13.1 Å². The van der Waals surface area contributed by atoms with Crippen molar-refractivity contribution in [3.05, 3.63) is 48.0 Å². The lowest BCUT2D eigenvalue weighted by Gasteiger charge is -2.05. The molecular formula is C14H15N5O. The van der Waals surface area contributed by atoms with Crippen LogP contribution >= 0.6 is 0 Å². The van der Waals surface area contributed by atoms with E-state index in [1.165, 1.54) is 6.33 Å². The topological polar surface area (TPSA) is 78.9 Å². The van der Waals surface area contributed by atoms with Crippen LogP contribution in [0.25, 0.3) is 11.0 Å². The van der Waals surface area contributed by atoms with Gasteiger partial charge in [0.25, 0.3) is 0 Å². The van der Waals surface area contributed by atoms with E-state index < -0.39 is 0 Å². The molecule has 0 atom stereocenters. The van der Waals surface area contributed by atoms with E-state index in [4.69, 9.17) is 10.5 Å². The van der Waals surface area contributed by atoms with Crippen LogP contribution in [-0.4, -0.2) is 26.9 Å². The Morgan fingerprint density at radius 2 is 2.00 bits per heavy atom. The third-order valence-electron chi connectivity index (χ3n) is 3.20. The third kappa shape index (κ3) is 2.21. The van der Waals surface area contributed by atoms with E-state index >= 15 is 0 Å². The number of rotatable bonds is 4. The van der Waals surface area contributed by atoms with Crippen molar-refractivity contribution in [3.63, 3.8) is 0 Å². The van der Waals surface area contributed by atoms with Crippen molar-refractivity contribution in [2.45, 2.75) is 13.1 Å². The second-order valence-electron chi connectivity index (χ2n) is 4.41. The Bertz CT molecular complexity index is 720. The van der Waals surface area contributed by atoms with Gasteiger partial charge in [-0.2, -0.15) is 5.10 Å². The minimum atomic E-state index is 0.382. The Labute approximate surface area is 116 Å². The van der Waals surface area contributed by atoms with E-state index in [2.05, 4.69) is 15.1 Å². The van der Waals surface area contributed by atoms with E-state index in [-0.39, 0.29) is 0 Å². The van der Waals surface area contributed by atoms with Gasteiger partial charge in [0, 0.05) is 6.54 Å². The minimum Gasteiger partial charge on any atom is -0.497 e. The normalized spacial score (nSPS) is 10.9. The van der Waals surface area contributed by atoms with Crippen LogP contribution in [0.3, 0.4) is 0 Å². The van der Waals surface area contributed by atoms with Crippen molar-refractivity contribution in [2.24, 2.45) is 5.73 Å². The van der Waals surface area contributed by atoms with Gasteiger partial charge in [-0.1, -0.05) is 12.1 Å². The van der Waals surface area contributed by atoms with Crippen molar-refractivity contribution < 1.29 is 4.74 Å². The molecule has 2 N–H and O–H groups in total. The van der Waals surface area contributed by atoms with Gasteiger partial charge in [-0.25, -0.2) is 14.6 Å². The highest BCUT2D eigenvalue weighted by molar-refractivity contribution is 5.76. The molecule has 0 aliphatic carbocycles. The number of benzene rings is 1. The van der Waals surface area contributed by atoms with Gasteiger partial charge in [0.05, 0.1) is 30.9 Å². The number of hydrogen-bond acceptors (Lipinski definition) is 5. The zero-order valence-corrected chi connectivity index (χ0v) is 11.2. The second-order valence-corrected chi connectivity index (χ2v) is 4.41. The predicted octanol–water partition coefficient (Wildman–Crippen LogP) is 1.34. The van der Waals surface area contributed by atoms with Crippen molar-refractivity contribution in [1.29, 1.82) is 0 Å². The molecule has 6 heteroatoms. The molecule has 102 valence electrons. The zero-order chi connectivity index (χ0) is 13.9. The summed E-state index contributed by atoms with van der Waals surface area (Å²) >= 11 is 0. The first-order valence-electron chi connectivity index (χ1n) is 6.30. The number of ether oxygens (including phenoxy) is 1. The fraction of sp³-hybridized carbons (Fsp3) is 0.214. The van der Waals surface area contributed by atoms with Crippen molar-refractivity contribution >= 4 is 11.0 Å². The molecule has 3 aromatic rings. The molecule has 0 aliphatic heterocycles. The highest BCUT2D eigenvalue weighted by Gasteiger charge is 2.08. The maximum atomic E-state index is 5.67. The average Bonchev–Trinajstić information content (AvgIpc) is 2.91. The number of aromatic nitrogens is 4. The summed E-state index contributed by atoms with van der Waals surface area (Å²) in [6.07, 6.45) is 3.29. The minimum absolute atomic E-state index is 0.382. The monoisotopic (exact) mass is 269 g/mol. The summed E-state index contributed by atoms with van der Waals surface area (Å²) in [5.74, 6) is 0.840. The Morgan fingerprint density at radius 1 is 1.20 bits per heavy atom. The molecule has 2 heterocycles. The van der Waals surface area contributed by atoms with E-state index in [0.717, 1.165) is 28.0 Å². The van der Waals surface area contributed by atoms with E-state index in [9.17, 15) is 0 Å². The molecule has 2 aromatic heterocycles. The van der Waals surface area contributed by atoms with Gasteiger partial charge in [-0.15, -0.1) is 0 Å². The first kappa shape index (κ1) is 12.6. The van der Waals surface area contributed by atoms with Gasteiger partial charge >= 0.3 is 0 Å². The summed E-state index contributed by atoms with van der Waals surface area (Å²) in [7, 11) is 1.65. The molecule has 6 nitrogen and oxygen atoms in total. The molecule has 0 unspecified atom stereocenters. The molecular weight excluding hydrogens is 254 g/mol. The highest BCUT2D eigenvalue weighted by atomic mass is 16.5. The lowest BCUT2D eigenvalue weighted by atomic mass is 10.2. The van der Waals surface area contributed by atoms with Crippen LogP contribution in [0.2, 0.25) is 0 Å². The van der Waals surface area contributed by atoms with Crippen LogP contribution in [0.4, 0.5) is 0 Å². The Balaban J connectivity index is 1.94. The van der Waals surface area contributed by atoms with Crippen molar-refractivity contribution in [3.8, 4) is 5.75 Å². The molecule has 0 bridgehead atoms. The SMILES string of the molecule is COc1ccc(Cn2ncc3c(CN)ncnc32)cc1. The summed E-state index contributed by atoms with van der Waals surface area (Å²) in [6, 6.07) is 7.89. The van der Waals surface area contributed by atoms with Gasteiger partial charge in [-0.3, -0.25) is 0 Å². The molecule has 0 aliphatic rings. The molecule has 0 amide bonds. The number of nitrogens with zero attached hydrogens (tertiary/aromatic N) is 4. The standard InChI is InChI=1S/C14H15N5O/c1-20-11-4-2-10(3-5-11)8-19-14-12(7-18-19)13(6-15)16-9-17-14/h2-5,7,9H,6,8,15H2,1H3. The molecule has 3 rings (SSSR count). The Kier molecular flexibility index (Phi) is 3.30. The number of fused-ring (bicyclic) bond motifs is 1. The van der Waals surface area contributed by atoms with Crippen LogP contribution in [0.15, 0.2) is 36.8 Å². The van der Waals surface area contributed by atoms with Gasteiger partial charge in [0.1, 0.15) is 12.1 Å². The maximum Gasteiger partial charge on any atom is 0.161 e. The lowest BCUT2D eigenvalue weighted by Crippen LogP contribution is -2.04.